The maximum absolute atomic E-state index is 13.1. The molecule has 3 rings (SSSR count). The maximum Gasteiger partial charge on any atom is 0.295 e. The van der Waals surface area contributed by atoms with E-state index in [4.69, 9.17) is 21.1 Å². The number of Topliss-reactive ketones (excluding diaryl/α,β-unsaturated/α-hetero) is 1. The highest BCUT2D eigenvalue weighted by molar-refractivity contribution is 6.47. The molecule has 0 radical (unpaired) electrons. The highest BCUT2D eigenvalue weighted by Gasteiger charge is 2.46. The Bertz CT molecular complexity index is 1080. The van der Waals surface area contributed by atoms with Crippen molar-refractivity contribution in [1.82, 2.24) is 4.90 Å². The molecule has 1 aliphatic rings. The van der Waals surface area contributed by atoms with Crippen LogP contribution in [0.2, 0.25) is 5.02 Å². The average Bonchev–Trinajstić information content (AvgIpc) is 3.05. The lowest BCUT2D eigenvalue weighted by atomic mass is 9.94. The number of hydrogen-bond acceptors (Lipinski definition) is 6. The topological polar surface area (TPSA) is 96.3 Å². The van der Waals surface area contributed by atoms with Crippen molar-refractivity contribution in [3.63, 3.8) is 0 Å². The van der Waals surface area contributed by atoms with Crippen LogP contribution in [0.25, 0.3) is 5.76 Å². The van der Waals surface area contributed by atoms with Crippen LogP contribution in [0.4, 0.5) is 0 Å². The van der Waals surface area contributed by atoms with Gasteiger partial charge in [-0.15, -0.1) is 0 Å². The Balaban J connectivity index is 2.21. The van der Waals surface area contributed by atoms with E-state index in [1.807, 2.05) is 13.8 Å². The number of aromatic hydroxyl groups is 1. The number of likely N-dealkylation sites (tertiary alicyclic amines) is 1. The summed E-state index contributed by atoms with van der Waals surface area (Å²) >= 11 is 6.34. The fraction of sp³-hybridized carbons (Fsp3) is 0.360. The average molecular weight is 474 g/mol. The summed E-state index contributed by atoms with van der Waals surface area (Å²) < 4.78 is 11.0. The molecule has 2 N–H and O–H groups in total. The molecule has 1 aliphatic heterocycles. The summed E-state index contributed by atoms with van der Waals surface area (Å²) in [5.41, 5.74) is 0.662. The quantitative estimate of drug-likeness (QED) is 0.300. The second-order valence-corrected chi connectivity index (χ2v) is 7.99. The molecular weight excluding hydrogens is 446 g/mol. The minimum atomic E-state index is -0.858. The summed E-state index contributed by atoms with van der Waals surface area (Å²) in [6, 6.07) is 8.55. The number of benzene rings is 2. The lowest BCUT2D eigenvalue weighted by molar-refractivity contribution is -0.139. The minimum Gasteiger partial charge on any atom is -0.507 e. The first-order valence-corrected chi connectivity index (χ1v) is 11.4. The number of aliphatic hydroxyl groups is 1. The molecule has 0 spiro atoms. The molecule has 33 heavy (non-hydrogen) atoms. The second kappa shape index (κ2) is 10.6. The van der Waals surface area contributed by atoms with Gasteiger partial charge in [-0.25, -0.2) is 0 Å². The number of rotatable bonds is 9. The normalized spacial score (nSPS) is 17.5. The molecule has 1 heterocycles. The molecule has 0 bridgehead atoms. The molecule has 0 aromatic heterocycles. The van der Waals surface area contributed by atoms with E-state index in [0.29, 0.717) is 37.5 Å². The van der Waals surface area contributed by atoms with Crippen molar-refractivity contribution in [2.24, 2.45) is 0 Å². The Morgan fingerprint density at radius 1 is 1.06 bits per heavy atom. The number of nitrogens with zero attached hydrogens (tertiary/aromatic N) is 1. The van der Waals surface area contributed by atoms with Crippen LogP contribution in [0.15, 0.2) is 42.0 Å². The van der Waals surface area contributed by atoms with Crippen LogP contribution < -0.4 is 9.47 Å². The van der Waals surface area contributed by atoms with Crippen molar-refractivity contribution < 1.29 is 29.3 Å². The van der Waals surface area contributed by atoms with Crippen molar-refractivity contribution in [2.75, 3.05) is 19.8 Å². The van der Waals surface area contributed by atoms with Gasteiger partial charge in [0.25, 0.3) is 11.7 Å². The van der Waals surface area contributed by atoms with Crippen molar-refractivity contribution >= 4 is 29.1 Å². The fourth-order valence-electron chi connectivity index (χ4n) is 3.84. The molecule has 0 aliphatic carbocycles. The Labute approximate surface area is 198 Å². The van der Waals surface area contributed by atoms with Crippen LogP contribution in [-0.4, -0.2) is 46.6 Å². The molecular formula is C25H28ClNO6. The molecule has 1 fully saturated rings. The highest BCUT2D eigenvalue weighted by Crippen LogP contribution is 2.43. The summed E-state index contributed by atoms with van der Waals surface area (Å²) in [6.07, 6.45) is 1.50. The molecule has 1 amide bonds. The third kappa shape index (κ3) is 4.93. The minimum absolute atomic E-state index is 0.0569. The Morgan fingerprint density at radius 3 is 2.45 bits per heavy atom. The lowest BCUT2D eigenvalue weighted by Gasteiger charge is -2.26. The van der Waals surface area contributed by atoms with E-state index in [1.54, 1.807) is 37.3 Å². The first kappa shape index (κ1) is 24.5. The Hall–Kier alpha value is -3.19. The first-order chi connectivity index (χ1) is 15.8. The molecule has 2 aromatic rings. The summed E-state index contributed by atoms with van der Waals surface area (Å²) in [6.45, 7) is 6.67. The number of ether oxygens (including phenoxy) is 2. The zero-order chi connectivity index (χ0) is 24.1. The molecule has 1 saturated heterocycles. The van der Waals surface area contributed by atoms with Crippen molar-refractivity contribution in [1.29, 1.82) is 0 Å². The lowest BCUT2D eigenvalue weighted by Crippen LogP contribution is -2.30. The zero-order valence-electron chi connectivity index (χ0n) is 18.9. The number of amides is 1. The van der Waals surface area contributed by atoms with Gasteiger partial charge in [0.2, 0.25) is 0 Å². The number of phenolic OH excluding ortho intramolecular Hbond substituents is 1. The third-order valence-corrected chi connectivity index (χ3v) is 5.73. The van der Waals surface area contributed by atoms with E-state index < -0.39 is 17.7 Å². The van der Waals surface area contributed by atoms with E-state index in [1.165, 1.54) is 11.0 Å². The number of ketones is 1. The van der Waals surface area contributed by atoms with Crippen LogP contribution in [-0.2, 0) is 9.59 Å². The molecule has 8 heteroatoms. The van der Waals surface area contributed by atoms with Gasteiger partial charge in [0, 0.05) is 12.1 Å². The number of carbonyl (C=O) groups is 2. The second-order valence-electron chi connectivity index (χ2n) is 7.58. The van der Waals surface area contributed by atoms with Crippen molar-refractivity contribution in [2.45, 2.75) is 39.7 Å². The van der Waals surface area contributed by atoms with Crippen molar-refractivity contribution in [3.8, 4) is 17.2 Å². The number of hydrogen-bond donors (Lipinski definition) is 2. The van der Waals surface area contributed by atoms with E-state index >= 15 is 0 Å². The standard InChI is InChI=1S/C25H28ClNO6/c1-4-7-12-27-22(15-8-11-19(28)20(13-15)33-6-3)21(24(30)25(27)31)23(29)17-14-16(32-5-2)9-10-18(17)26/h8-11,13-14,22,28-29H,4-7,12H2,1-3H3/b23-21+. The van der Waals surface area contributed by atoms with Gasteiger partial charge >= 0.3 is 0 Å². The number of carbonyl (C=O) groups excluding carboxylic acids is 2. The maximum atomic E-state index is 13.1. The van der Waals surface area contributed by atoms with Gasteiger partial charge in [-0.1, -0.05) is 31.0 Å². The summed E-state index contributed by atoms with van der Waals surface area (Å²) in [7, 11) is 0. The van der Waals surface area contributed by atoms with E-state index in [-0.39, 0.29) is 33.4 Å². The Kier molecular flexibility index (Phi) is 7.87. The van der Waals surface area contributed by atoms with Crippen LogP contribution in [0, 0.1) is 0 Å². The van der Waals surface area contributed by atoms with Gasteiger partial charge in [0.1, 0.15) is 11.5 Å². The van der Waals surface area contributed by atoms with Crippen molar-refractivity contribution in [3.05, 3.63) is 58.1 Å². The van der Waals surface area contributed by atoms with Crippen LogP contribution in [0.3, 0.4) is 0 Å². The summed E-state index contributed by atoms with van der Waals surface area (Å²) in [4.78, 5) is 27.5. The van der Waals surface area contributed by atoms with E-state index in [9.17, 15) is 19.8 Å². The number of halogens is 1. The fourth-order valence-corrected chi connectivity index (χ4v) is 4.05. The molecule has 1 unspecified atom stereocenters. The number of unbranched alkanes of at least 4 members (excludes halogenated alkanes) is 1. The van der Waals surface area contributed by atoms with Gasteiger partial charge in [-0.2, -0.15) is 0 Å². The largest absolute Gasteiger partial charge is 0.507 e. The molecule has 7 nitrogen and oxygen atoms in total. The predicted octanol–water partition coefficient (Wildman–Crippen LogP) is 5.06. The Morgan fingerprint density at radius 2 is 1.79 bits per heavy atom. The van der Waals surface area contributed by atoms with Gasteiger partial charge in [0.05, 0.1) is 29.9 Å². The highest BCUT2D eigenvalue weighted by atomic mass is 35.5. The molecule has 1 atom stereocenters. The predicted molar refractivity (Wildman–Crippen MR) is 126 cm³/mol. The first-order valence-electron chi connectivity index (χ1n) is 11.0. The van der Waals surface area contributed by atoms with Crippen LogP contribution in [0.5, 0.6) is 17.2 Å². The van der Waals surface area contributed by atoms with Crippen LogP contribution >= 0.6 is 11.6 Å². The summed E-state index contributed by atoms with van der Waals surface area (Å²) in [5, 5.41) is 21.6. The zero-order valence-corrected chi connectivity index (χ0v) is 19.7. The van der Waals surface area contributed by atoms with E-state index in [2.05, 4.69) is 0 Å². The van der Waals surface area contributed by atoms with Crippen LogP contribution in [0.1, 0.15) is 50.8 Å². The molecule has 0 saturated carbocycles. The monoisotopic (exact) mass is 473 g/mol. The number of aliphatic hydroxyl groups excluding tert-OH is 1. The molecule has 176 valence electrons. The third-order valence-electron chi connectivity index (χ3n) is 5.40. The SMILES string of the molecule is CCCCN1C(=O)C(=O)/C(=C(/O)c2cc(OCC)ccc2Cl)C1c1ccc(O)c(OCC)c1. The van der Waals surface area contributed by atoms with Gasteiger partial charge in [-0.3, -0.25) is 9.59 Å². The summed E-state index contributed by atoms with van der Waals surface area (Å²) in [5.74, 6) is -1.22. The van der Waals surface area contributed by atoms with E-state index in [0.717, 1.165) is 6.42 Å². The van der Waals surface area contributed by atoms with Gasteiger partial charge in [0.15, 0.2) is 11.5 Å². The van der Waals surface area contributed by atoms with Gasteiger partial charge in [-0.05, 0) is 56.2 Å². The van der Waals surface area contributed by atoms with Gasteiger partial charge < -0.3 is 24.6 Å². The molecule has 2 aromatic carbocycles. The number of phenols is 1. The smallest absolute Gasteiger partial charge is 0.295 e.